The summed E-state index contributed by atoms with van der Waals surface area (Å²) in [6, 6.07) is 6.42. The van der Waals surface area contributed by atoms with Gasteiger partial charge in [-0.15, -0.1) is 0 Å². The van der Waals surface area contributed by atoms with Crippen molar-refractivity contribution < 1.29 is 31.8 Å². The van der Waals surface area contributed by atoms with Gasteiger partial charge in [0.2, 0.25) is 5.92 Å². The van der Waals surface area contributed by atoms with Crippen molar-refractivity contribution >= 4 is 22.9 Å². The Morgan fingerprint density at radius 2 is 1.85 bits per heavy atom. The number of esters is 1. The van der Waals surface area contributed by atoms with E-state index in [-0.39, 0.29) is 32.4 Å². The second kappa shape index (κ2) is 11.1. The molecule has 1 aromatic carbocycles. The Morgan fingerprint density at radius 3 is 2.38 bits per heavy atom. The summed E-state index contributed by atoms with van der Waals surface area (Å²) in [4.78, 5) is 11.2. The predicted octanol–water partition coefficient (Wildman–Crippen LogP) is 3.79. The Morgan fingerprint density at radius 1 is 1.23 bits per heavy atom. The molecule has 1 rings (SSSR count). The Hall–Kier alpha value is -1.74. The van der Waals surface area contributed by atoms with Gasteiger partial charge in [0.05, 0.1) is 19.4 Å². The van der Waals surface area contributed by atoms with E-state index in [0.717, 1.165) is 4.31 Å². The molecule has 6 nitrogen and oxygen atoms in total. The highest BCUT2D eigenvalue weighted by Crippen LogP contribution is 2.28. The number of benzene rings is 1. The molecular weight excluding hydrogens is 368 g/mol. The standard InChI is InChI=1S/C17H25F2NO5S/c1-3-25-16(21)6-4-11-17(18,19)12-5-13-20(26(22)23)14-7-9-15(24-2)10-8-14/h7-10H,3-6,11-13H2,1-2H3,(H,22,23). The molecule has 0 heterocycles. The topological polar surface area (TPSA) is 76.1 Å². The first-order valence-corrected chi connectivity index (χ1v) is 9.41. The average molecular weight is 393 g/mol. The van der Waals surface area contributed by atoms with Crippen LogP contribution in [0.3, 0.4) is 0 Å². The van der Waals surface area contributed by atoms with E-state index in [1.54, 1.807) is 31.2 Å². The molecule has 26 heavy (non-hydrogen) atoms. The molecule has 9 heteroatoms. The average Bonchev–Trinajstić information content (AvgIpc) is 2.58. The lowest BCUT2D eigenvalue weighted by atomic mass is 10.1. The van der Waals surface area contributed by atoms with Crippen molar-refractivity contribution in [2.24, 2.45) is 0 Å². The zero-order valence-corrected chi connectivity index (χ0v) is 15.8. The monoisotopic (exact) mass is 393 g/mol. The number of methoxy groups -OCH3 is 1. The molecule has 1 atom stereocenters. The third-order valence-corrected chi connectivity index (χ3v) is 4.45. The first-order chi connectivity index (χ1) is 12.3. The van der Waals surface area contributed by atoms with Gasteiger partial charge < -0.3 is 9.47 Å². The van der Waals surface area contributed by atoms with Crippen LogP contribution in [-0.4, -0.2) is 40.9 Å². The third kappa shape index (κ3) is 8.09. The molecule has 0 aliphatic heterocycles. The number of nitrogens with zero attached hydrogens (tertiary/aromatic N) is 1. The van der Waals surface area contributed by atoms with Crippen LogP contribution in [0.25, 0.3) is 0 Å². The van der Waals surface area contributed by atoms with Crippen molar-refractivity contribution in [1.82, 2.24) is 0 Å². The van der Waals surface area contributed by atoms with Crippen LogP contribution in [0.1, 0.15) is 39.0 Å². The molecule has 0 aliphatic carbocycles. The van der Waals surface area contributed by atoms with Crippen LogP contribution in [-0.2, 0) is 20.8 Å². The summed E-state index contributed by atoms with van der Waals surface area (Å²) in [6.45, 7) is 1.89. The van der Waals surface area contributed by atoms with Gasteiger partial charge in [-0.25, -0.2) is 13.0 Å². The SMILES string of the molecule is CCOC(=O)CCCC(F)(F)CCCN(c1ccc(OC)cc1)S(=O)O. The minimum absolute atomic E-state index is 0.00288. The Bertz CT molecular complexity index is 583. The van der Waals surface area contributed by atoms with Crippen molar-refractivity contribution in [3.63, 3.8) is 0 Å². The largest absolute Gasteiger partial charge is 0.497 e. The van der Waals surface area contributed by atoms with E-state index in [1.807, 2.05) is 0 Å². The number of anilines is 1. The van der Waals surface area contributed by atoms with Gasteiger partial charge in [-0.3, -0.25) is 13.7 Å². The number of carbonyl (C=O) groups is 1. The first-order valence-electron chi connectivity index (χ1n) is 8.35. The fourth-order valence-electron chi connectivity index (χ4n) is 2.38. The van der Waals surface area contributed by atoms with Gasteiger partial charge in [-0.05, 0) is 44.0 Å². The normalized spacial score (nSPS) is 12.5. The molecule has 0 saturated carbocycles. The molecule has 0 aromatic heterocycles. The molecule has 148 valence electrons. The number of rotatable bonds is 12. The summed E-state index contributed by atoms with van der Waals surface area (Å²) in [5.41, 5.74) is 0.442. The fraction of sp³-hybridized carbons (Fsp3) is 0.588. The van der Waals surface area contributed by atoms with Crippen molar-refractivity contribution in [3.8, 4) is 5.75 Å². The van der Waals surface area contributed by atoms with Gasteiger partial charge in [0.15, 0.2) is 0 Å². The van der Waals surface area contributed by atoms with Crippen LogP contribution < -0.4 is 9.04 Å². The first kappa shape index (κ1) is 22.3. The molecule has 0 saturated heterocycles. The van der Waals surface area contributed by atoms with Gasteiger partial charge in [-0.1, -0.05) is 0 Å². The summed E-state index contributed by atoms with van der Waals surface area (Å²) >= 11 is -2.32. The van der Waals surface area contributed by atoms with E-state index in [2.05, 4.69) is 0 Å². The summed E-state index contributed by atoms with van der Waals surface area (Å²) in [7, 11) is 1.50. The van der Waals surface area contributed by atoms with E-state index in [0.29, 0.717) is 11.4 Å². The van der Waals surface area contributed by atoms with Crippen LogP contribution in [0.15, 0.2) is 24.3 Å². The van der Waals surface area contributed by atoms with Crippen LogP contribution in [0, 0.1) is 0 Å². The van der Waals surface area contributed by atoms with Gasteiger partial charge >= 0.3 is 5.97 Å². The second-order valence-corrected chi connectivity index (χ2v) is 6.55. The molecule has 1 aromatic rings. The summed E-state index contributed by atoms with van der Waals surface area (Å²) in [5, 5.41) is 0. The molecular formula is C17H25F2NO5S. The third-order valence-electron chi connectivity index (χ3n) is 3.68. The summed E-state index contributed by atoms with van der Waals surface area (Å²) in [5.74, 6) is -2.83. The van der Waals surface area contributed by atoms with Crippen LogP contribution in [0.5, 0.6) is 5.75 Å². The number of ether oxygens (including phenoxy) is 2. The quantitative estimate of drug-likeness (QED) is 0.432. The number of hydrogen-bond acceptors (Lipinski definition) is 4. The predicted molar refractivity (Wildman–Crippen MR) is 95.8 cm³/mol. The number of carbonyl (C=O) groups excluding carboxylic acids is 1. The highest BCUT2D eigenvalue weighted by atomic mass is 32.2. The molecule has 0 spiro atoms. The van der Waals surface area contributed by atoms with E-state index in [1.165, 1.54) is 7.11 Å². The van der Waals surface area contributed by atoms with Crippen molar-refractivity contribution in [2.75, 3.05) is 24.6 Å². The Labute approximate surface area is 154 Å². The highest BCUT2D eigenvalue weighted by Gasteiger charge is 2.28. The molecule has 1 N–H and O–H groups in total. The van der Waals surface area contributed by atoms with Gasteiger partial charge in [0, 0.05) is 25.8 Å². The van der Waals surface area contributed by atoms with Crippen LogP contribution >= 0.6 is 0 Å². The molecule has 0 bridgehead atoms. The minimum Gasteiger partial charge on any atom is -0.497 e. The van der Waals surface area contributed by atoms with E-state index < -0.39 is 36.0 Å². The van der Waals surface area contributed by atoms with Crippen LogP contribution in [0.2, 0.25) is 0 Å². The Kier molecular flexibility index (Phi) is 9.50. The van der Waals surface area contributed by atoms with Crippen LogP contribution in [0.4, 0.5) is 14.5 Å². The summed E-state index contributed by atoms with van der Waals surface area (Å²) in [6.07, 6.45) is -0.816. The molecule has 0 aliphatic rings. The Balaban J connectivity index is 2.48. The van der Waals surface area contributed by atoms with E-state index in [9.17, 15) is 22.3 Å². The lowest BCUT2D eigenvalue weighted by Gasteiger charge is -2.22. The minimum atomic E-state index is -2.94. The lowest BCUT2D eigenvalue weighted by Crippen LogP contribution is -2.28. The summed E-state index contributed by atoms with van der Waals surface area (Å²) < 4.78 is 59.5. The zero-order chi connectivity index (χ0) is 19.6. The highest BCUT2D eigenvalue weighted by molar-refractivity contribution is 7.80. The van der Waals surface area contributed by atoms with E-state index in [4.69, 9.17) is 9.47 Å². The number of hydrogen-bond donors (Lipinski definition) is 1. The van der Waals surface area contributed by atoms with Gasteiger partial charge in [0.1, 0.15) is 5.75 Å². The molecule has 0 radical (unpaired) electrons. The van der Waals surface area contributed by atoms with Crippen molar-refractivity contribution in [3.05, 3.63) is 24.3 Å². The number of alkyl halides is 2. The number of halogens is 2. The van der Waals surface area contributed by atoms with Gasteiger partial charge in [0.25, 0.3) is 11.3 Å². The zero-order valence-electron chi connectivity index (χ0n) is 15.0. The molecule has 0 fully saturated rings. The van der Waals surface area contributed by atoms with Crippen molar-refractivity contribution in [1.29, 1.82) is 0 Å². The molecule has 0 amide bonds. The van der Waals surface area contributed by atoms with Gasteiger partial charge in [-0.2, -0.15) is 0 Å². The maximum Gasteiger partial charge on any atom is 0.305 e. The fourth-order valence-corrected chi connectivity index (χ4v) is 2.96. The molecule has 1 unspecified atom stereocenters. The van der Waals surface area contributed by atoms with Crippen molar-refractivity contribution in [2.45, 2.75) is 45.0 Å². The maximum atomic E-state index is 13.9. The smallest absolute Gasteiger partial charge is 0.305 e. The second-order valence-electron chi connectivity index (χ2n) is 5.65. The maximum absolute atomic E-state index is 13.9. The lowest BCUT2D eigenvalue weighted by molar-refractivity contribution is -0.143. The van der Waals surface area contributed by atoms with E-state index >= 15 is 0 Å².